The monoisotopic (exact) mass is 222 g/mol. The molecular formula is C13H22N2O. The van der Waals surface area contributed by atoms with E-state index in [4.69, 9.17) is 5.11 Å². The largest absolute Gasteiger partial charge is 0.392 e. The number of anilines is 2. The molecule has 0 saturated carbocycles. The SMILES string of the molecule is CCN(CC)c1ccc(NC[C@H](C)O)cc1. The van der Waals surface area contributed by atoms with Crippen molar-refractivity contribution >= 4 is 11.4 Å². The predicted molar refractivity (Wildman–Crippen MR) is 70.2 cm³/mol. The Hall–Kier alpha value is -1.22. The number of benzene rings is 1. The third-order valence-corrected chi connectivity index (χ3v) is 2.60. The van der Waals surface area contributed by atoms with Crippen LogP contribution in [0, 0.1) is 0 Å². The summed E-state index contributed by atoms with van der Waals surface area (Å²) in [5.41, 5.74) is 2.30. The van der Waals surface area contributed by atoms with Gasteiger partial charge >= 0.3 is 0 Å². The summed E-state index contributed by atoms with van der Waals surface area (Å²) in [5.74, 6) is 0. The van der Waals surface area contributed by atoms with Crippen LogP contribution in [0.2, 0.25) is 0 Å². The van der Waals surface area contributed by atoms with Crippen LogP contribution in [-0.2, 0) is 0 Å². The molecule has 3 heteroatoms. The second-order valence-electron chi connectivity index (χ2n) is 3.95. The van der Waals surface area contributed by atoms with Crippen LogP contribution >= 0.6 is 0 Å². The van der Waals surface area contributed by atoms with Gasteiger partial charge in [-0.25, -0.2) is 0 Å². The second kappa shape index (κ2) is 6.38. The van der Waals surface area contributed by atoms with Gasteiger partial charge in [-0.2, -0.15) is 0 Å². The van der Waals surface area contributed by atoms with Gasteiger partial charge < -0.3 is 15.3 Å². The number of hydrogen-bond donors (Lipinski definition) is 2. The van der Waals surface area contributed by atoms with Gasteiger partial charge in [0.05, 0.1) is 6.10 Å². The Kier molecular flexibility index (Phi) is 5.12. The average Bonchev–Trinajstić information content (AvgIpc) is 2.29. The molecule has 0 radical (unpaired) electrons. The molecule has 0 heterocycles. The van der Waals surface area contributed by atoms with E-state index in [0.717, 1.165) is 18.8 Å². The number of hydrogen-bond acceptors (Lipinski definition) is 3. The van der Waals surface area contributed by atoms with Crippen LogP contribution < -0.4 is 10.2 Å². The van der Waals surface area contributed by atoms with Crippen molar-refractivity contribution in [1.29, 1.82) is 0 Å². The average molecular weight is 222 g/mol. The minimum absolute atomic E-state index is 0.317. The van der Waals surface area contributed by atoms with E-state index in [1.165, 1.54) is 5.69 Å². The van der Waals surface area contributed by atoms with Crippen molar-refractivity contribution in [3.8, 4) is 0 Å². The molecule has 0 spiro atoms. The zero-order valence-electron chi connectivity index (χ0n) is 10.4. The molecule has 0 aliphatic rings. The molecule has 0 aliphatic heterocycles. The van der Waals surface area contributed by atoms with Crippen molar-refractivity contribution in [3.05, 3.63) is 24.3 Å². The lowest BCUT2D eigenvalue weighted by Gasteiger charge is -2.21. The van der Waals surface area contributed by atoms with Gasteiger partial charge in [-0.1, -0.05) is 0 Å². The normalized spacial score (nSPS) is 12.2. The van der Waals surface area contributed by atoms with Crippen molar-refractivity contribution in [1.82, 2.24) is 0 Å². The van der Waals surface area contributed by atoms with Crippen LogP contribution in [0.5, 0.6) is 0 Å². The summed E-state index contributed by atoms with van der Waals surface area (Å²) < 4.78 is 0. The van der Waals surface area contributed by atoms with Gasteiger partial charge in [-0.05, 0) is 45.0 Å². The first-order valence-corrected chi connectivity index (χ1v) is 5.94. The Morgan fingerprint density at radius 1 is 1.19 bits per heavy atom. The Morgan fingerprint density at radius 2 is 1.75 bits per heavy atom. The minimum atomic E-state index is -0.317. The standard InChI is InChI=1S/C13H22N2O/c1-4-15(5-2)13-8-6-12(7-9-13)14-10-11(3)16/h6-9,11,14,16H,4-5,10H2,1-3H3/t11-/m0/s1. The lowest BCUT2D eigenvalue weighted by atomic mass is 10.2. The van der Waals surface area contributed by atoms with Crippen molar-refractivity contribution in [2.24, 2.45) is 0 Å². The molecule has 1 rings (SSSR count). The smallest absolute Gasteiger partial charge is 0.0684 e. The molecule has 1 aromatic carbocycles. The van der Waals surface area contributed by atoms with E-state index in [2.05, 4.69) is 48.3 Å². The van der Waals surface area contributed by atoms with Gasteiger partial charge in [0, 0.05) is 31.0 Å². The molecule has 1 aromatic rings. The van der Waals surface area contributed by atoms with Crippen LogP contribution in [0.25, 0.3) is 0 Å². The molecule has 0 amide bonds. The van der Waals surface area contributed by atoms with Gasteiger partial charge in [-0.15, -0.1) is 0 Å². The third kappa shape index (κ3) is 3.74. The first kappa shape index (κ1) is 12.8. The first-order chi connectivity index (χ1) is 7.67. The lowest BCUT2D eigenvalue weighted by molar-refractivity contribution is 0.208. The Bertz CT molecular complexity index is 291. The minimum Gasteiger partial charge on any atom is -0.392 e. The second-order valence-corrected chi connectivity index (χ2v) is 3.95. The highest BCUT2D eigenvalue weighted by Gasteiger charge is 2.01. The van der Waals surface area contributed by atoms with Crippen LogP contribution in [0.15, 0.2) is 24.3 Å². The van der Waals surface area contributed by atoms with E-state index in [1.54, 1.807) is 6.92 Å². The fourth-order valence-electron chi connectivity index (χ4n) is 1.64. The van der Waals surface area contributed by atoms with Crippen molar-refractivity contribution < 1.29 is 5.11 Å². The topological polar surface area (TPSA) is 35.5 Å². The number of rotatable bonds is 6. The Morgan fingerprint density at radius 3 is 2.19 bits per heavy atom. The van der Waals surface area contributed by atoms with Crippen LogP contribution in [-0.4, -0.2) is 30.8 Å². The zero-order chi connectivity index (χ0) is 12.0. The van der Waals surface area contributed by atoms with Crippen LogP contribution in [0.1, 0.15) is 20.8 Å². The molecule has 0 aromatic heterocycles. The Labute approximate surface area is 98.1 Å². The molecule has 90 valence electrons. The van der Waals surface area contributed by atoms with E-state index in [1.807, 2.05) is 0 Å². The number of aliphatic hydroxyl groups excluding tert-OH is 1. The van der Waals surface area contributed by atoms with Gasteiger partial charge in [-0.3, -0.25) is 0 Å². The van der Waals surface area contributed by atoms with Gasteiger partial charge in [0.15, 0.2) is 0 Å². The van der Waals surface area contributed by atoms with E-state index in [-0.39, 0.29) is 6.10 Å². The molecular weight excluding hydrogens is 200 g/mol. The van der Waals surface area contributed by atoms with Gasteiger partial charge in [0.1, 0.15) is 0 Å². The fraction of sp³-hybridized carbons (Fsp3) is 0.538. The van der Waals surface area contributed by atoms with Crippen LogP contribution in [0.4, 0.5) is 11.4 Å². The highest BCUT2D eigenvalue weighted by atomic mass is 16.3. The van der Waals surface area contributed by atoms with E-state index in [0.29, 0.717) is 6.54 Å². The molecule has 2 N–H and O–H groups in total. The molecule has 3 nitrogen and oxygen atoms in total. The van der Waals surface area contributed by atoms with E-state index in [9.17, 15) is 0 Å². The van der Waals surface area contributed by atoms with E-state index < -0.39 is 0 Å². The Balaban J connectivity index is 2.60. The van der Waals surface area contributed by atoms with Crippen LogP contribution in [0.3, 0.4) is 0 Å². The predicted octanol–water partition coefficient (Wildman–Crippen LogP) is 2.33. The molecule has 0 unspecified atom stereocenters. The maximum absolute atomic E-state index is 9.16. The zero-order valence-corrected chi connectivity index (χ0v) is 10.4. The lowest BCUT2D eigenvalue weighted by Crippen LogP contribution is -2.21. The third-order valence-electron chi connectivity index (χ3n) is 2.60. The summed E-state index contributed by atoms with van der Waals surface area (Å²) in [7, 11) is 0. The molecule has 0 saturated heterocycles. The summed E-state index contributed by atoms with van der Waals surface area (Å²) in [6.45, 7) is 8.72. The van der Waals surface area contributed by atoms with Crippen molar-refractivity contribution in [2.45, 2.75) is 26.9 Å². The number of nitrogens with one attached hydrogen (secondary N) is 1. The van der Waals surface area contributed by atoms with Crippen molar-refractivity contribution in [2.75, 3.05) is 29.9 Å². The highest BCUT2D eigenvalue weighted by molar-refractivity contribution is 5.55. The molecule has 16 heavy (non-hydrogen) atoms. The number of nitrogens with zero attached hydrogens (tertiary/aromatic N) is 1. The molecule has 0 bridgehead atoms. The fourth-order valence-corrected chi connectivity index (χ4v) is 1.64. The molecule has 0 fully saturated rings. The molecule has 0 aliphatic carbocycles. The summed E-state index contributed by atoms with van der Waals surface area (Å²) in [5, 5.41) is 12.3. The summed E-state index contributed by atoms with van der Waals surface area (Å²) in [6.07, 6.45) is -0.317. The first-order valence-electron chi connectivity index (χ1n) is 5.94. The summed E-state index contributed by atoms with van der Waals surface area (Å²) >= 11 is 0. The number of aliphatic hydroxyl groups is 1. The molecule has 1 atom stereocenters. The quantitative estimate of drug-likeness (QED) is 0.775. The van der Waals surface area contributed by atoms with Gasteiger partial charge in [0.25, 0.3) is 0 Å². The summed E-state index contributed by atoms with van der Waals surface area (Å²) in [6, 6.07) is 8.32. The van der Waals surface area contributed by atoms with E-state index >= 15 is 0 Å². The maximum atomic E-state index is 9.16. The summed E-state index contributed by atoms with van der Waals surface area (Å²) in [4.78, 5) is 2.30. The maximum Gasteiger partial charge on any atom is 0.0684 e. The van der Waals surface area contributed by atoms with Gasteiger partial charge in [0.2, 0.25) is 0 Å². The highest BCUT2D eigenvalue weighted by Crippen LogP contribution is 2.17. The van der Waals surface area contributed by atoms with Crippen molar-refractivity contribution in [3.63, 3.8) is 0 Å².